The summed E-state index contributed by atoms with van der Waals surface area (Å²) in [5.74, 6) is 1.93. The second-order valence-corrected chi connectivity index (χ2v) is 6.91. The van der Waals surface area contributed by atoms with Crippen molar-refractivity contribution in [3.8, 4) is 11.5 Å². The largest absolute Gasteiger partial charge is 0.493 e. The van der Waals surface area contributed by atoms with Gasteiger partial charge >= 0.3 is 6.03 Å². The Hall–Kier alpha value is -2.96. The zero-order valence-corrected chi connectivity index (χ0v) is 16.5. The molecule has 7 nitrogen and oxygen atoms in total. The number of pyridine rings is 1. The maximum atomic E-state index is 12.1. The lowest BCUT2D eigenvalue weighted by Crippen LogP contribution is -2.39. The van der Waals surface area contributed by atoms with Crippen molar-refractivity contribution >= 4 is 17.5 Å². The van der Waals surface area contributed by atoms with Crippen molar-refractivity contribution in [2.75, 3.05) is 24.9 Å². The summed E-state index contributed by atoms with van der Waals surface area (Å²) in [6.07, 6.45) is 7.45. The van der Waals surface area contributed by atoms with Crippen molar-refractivity contribution in [2.24, 2.45) is 0 Å². The van der Waals surface area contributed by atoms with Crippen molar-refractivity contribution in [1.29, 1.82) is 0 Å². The van der Waals surface area contributed by atoms with E-state index in [0.29, 0.717) is 23.9 Å². The van der Waals surface area contributed by atoms with Gasteiger partial charge in [-0.25, -0.2) is 9.78 Å². The molecule has 0 saturated heterocycles. The highest BCUT2D eigenvalue weighted by molar-refractivity contribution is 5.88. The van der Waals surface area contributed by atoms with Gasteiger partial charge in [-0.05, 0) is 42.7 Å². The second kappa shape index (κ2) is 9.82. The molecule has 1 aromatic heterocycles. The number of hydrogen-bond acceptors (Lipinski definition) is 5. The van der Waals surface area contributed by atoms with Crippen molar-refractivity contribution in [3.63, 3.8) is 0 Å². The number of carbonyl (C=O) groups is 1. The SMILES string of the molecule is COc1ccc(CNc2ccc(NC(=O)NC3CCCCC3)nc2)cc1OC. The molecular weight excluding hydrogens is 356 g/mol. The minimum Gasteiger partial charge on any atom is -0.493 e. The van der Waals surface area contributed by atoms with E-state index in [4.69, 9.17) is 9.47 Å². The number of urea groups is 1. The Bertz CT molecular complexity index is 774. The smallest absolute Gasteiger partial charge is 0.320 e. The molecule has 0 bridgehead atoms. The van der Waals surface area contributed by atoms with Gasteiger partial charge in [0.2, 0.25) is 0 Å². The standard InChI is InChI=1S/C21H28N4O3/c1-27-18-10-8-15(12-19(18)28-2)13-22-17-9-11-20(23-14-17)25-21(26)24-16-6-4-3-5-7-16/h8-12,14,16,22H,3-7,13H2,1-2H3,(H2,23,24,25,26). The predicted molar refractivity (Wildman–Crippen MR) is 110 cm³/mol. The number of anilines is 2. The van der Waals surface area contributed by atoms with E-state index in [1.165, 1.54) is 19.3 Å². The average Bonchev–Trinajstić information content (AvgIpc) is 2.73. The fraction of sp³-hybridized carbons (Fsp3) is 0.429. The zero-order chi connectivity index (χ0) is 19.8. The Balaban J connectivity index is 1.49. The van der Waals surface area contributed by atoms with Crippen LogP contribution >= 0.6 is 0 Å². The topological polar surface area (TPSA) is 84.5 Å². The highest BCUT2D eigenvalue weighted by Gasteiger charge is 2.15. The van der Waals surface area contributed by atoms with Crippen molar-refractivity contribution in [3.05, 3.63) is 42.1 Å². The predicted octanol–water partition coefficient (Wildman–Crippen LogP) is 4.17. The van der Waals surface area contributed by atoms with Crippen LogP contribution < -0.4 is 25.4 Å². The highest BCUT2D eigenvalue weighted by Crippen LogP contribution is 2.27. The summed E-state index contributed by atoms with van der Waals surface area (Å²) in [4.78, 5) is 16.4. The van der Waals surface area contributed by atoms with Crippen molar-refractivity contribution < 1.29 is 14.3 Å². The Labute approximate surface area is 165 Å². The Kier molecular flexibility index (Phi) is 6.94. The third-order valence-corrected chi connectivity index (χ3v) is 4.89. The molecule has 1 saturated carbocycles. The van der Waals surface area contributed by atoms with Crippen LogP contribution in [0.2, 0.25) is 0 Å². The molecule has 2 amide bonds. The van der Waals surface area contributed by atoms with Crippen LogP contribution in [0.1, 0.15) is 37.7 Å². The van der Waals surface area contributed by atoms with Gasteiger partial charge in [-0.2, -0.15) is 0 Å². The molecule has 0 radical (unpaired) electrons. The van der Waals surface area contributed by atoms with Gasteiger partial charge in [-0.3, -0.25) is 5.32 Å². The highest BCUT2D eigenvalue weighted by atomic mass is 16.5. The van der Waals surface area contributed by atoms with E-state index in [-0.39, 0.29) is 12.1 Å². The Morgan fingerprint density at radius 3 is 2.54 bits per heavy atom. The number of methoxy groups -OCH3 is 2. The molecule has 7 heteroatoms. The van der Waals surface area contributed by atoms with Crippen LogP contribution in [0.5, 0.6) is 11.5 Å². The third kappa shape index (κ3) is 5.52. The van der Waals surface area contributed by atoms with E-state index in [0.717, 1.165) is 24.1 Å². The monoisotopic (exact) mass is 384 g/mol. The maximum Gasteiger partial charge on any atom is 0.320 e. The number of carbonyl (C=O) groups excluding carboxylic acids is 1. The summed E-state index contributed by atoms with van der Waals surface area (Å²) in [6, 6.07) is 9.56. The molecule has 0 unspecified atom stereocenters. The van der Waals surface area contributed by atoms with Crippen LogP contribution in [-0.4, -0.2) is 31.3 Å². The summed E-state index contributed by atoms with van der Waals surface area (Å²) in [5.41, 5.74) is 1.93. The molecular formula is C21H28N4O3. The fourth-order valence-corrected chi connectivity index (χ4v) is 3.35. The minimum atomic E-state index is -0.189. The number of amides is 2. The van der Waals surface area contributed by atoms with Crippen LogP contribution in [0.3, 0.4) is 0 Å². The van der Waals surface area contributed by atoms with Crippen LogP contribution in [0, 0.1) is 0 Å². The molecule has 3 N–H and O–H groups in total. The van der Waals surface area contributed by atoms with E-state index in [2.05, 4.69) is 20.9 Å². The fourth-order valence-electron chi connectivity index (χ4n) is 3.35. The van der Waals surface area contributed by atoms with E-state index in [9.17, 15) is 4.79 Å². The van der Waals surface area contributed by atoms with Crippen molar-refractivity contribution in [2.45, 2.75) is 44.7 Å². The average molecular weight is 384 g/mol. The zero-order valence-electron chi connectivity index (χ0n) is 16.5. The molecule has 0 aliphatic heterocycles. The Morgan fingerprint density at radius 2 is 1.86 bits per heavy atom. The first kappa shape index (κ1) is 19.8. The molecule has 1 aliphatic carbocycles. The van der Waals surface area contributed by atoms with Gasteiger partial charge in [0, 0.05) is 12.6 Å². The number of benzene rings is 1. The first-order valence-electron chi connectivity index (χ1n) is 9.66. The summed E-state index contributed by atoms with van der Waals surface area (Å²) in [7, 11) is 3.24. The van der Waals surface area contributed by atoms with Crippen LogP contribution in [-0.2, 0) is 6.54 Å². The van der Waals surface area contributed by atoms with Crippen LogP contribution in [0.15, 0.2) is 36.5 Å². The van der Waals surface area contributed by atoms with Gasteiger partial charge < -0.3 is 20.1 Å². The van der Waals surface area contributed by atoms with E-state index in [1.807, 2.05) is 24.3 Å². The van der Waals surface area contributed by atoms with E-state index in [1.54, 1.807) is 26.5 Å². The van der Waals surface area contributed by atoms with E-state index >= 15 is 0 Å². The molecule has 1 aliphatic rings. The molecule has 0 atom stereocenters. The Morgan fingerprint density at radius 1 is 1.07 bits per heavy atom. The van der Waals surface area contributed by atoms with E-state index < -0.39 is 0 Å². The lowest BCUT2D eigenvalue weighted by Gasteiger charge is -2.22. The van der Waals surface area contributed by atoms with Gasteiger partial charge in [0.05, 0.1) is 26.1 Å². The molecule has 150 valence electrons. The molecule has 28 heavy (non-hydrogen) atoms. The minimum absolute atomic E-state index is 0.189. The number of nitrogens with zero attached hydrogens (tertiary/aromatic N) is 1. The number of ether oxygens (including phenoxy) is 2. The summed E-state index contributed by atoms with van der Waals surface area (Å²) in [5, 5.41) is 9.13. The third-order valence-electron chi connectivity index (χ3n) is 4.89. The van der Waals surface area contributed by atoms with Crippen LogP contribution in [0.25, 0.3) is 0 Å². The molecule has 3 rings (SSSR count). The van der Waals surface area contributed by atoms with Gasteiger partial charge in [-0.15, -0.1) is 0 Å². The lowest BCUT2D eigenvalue weighted by atomic mass is 9.96. The first-order valence-corrected chi connectivity index (χ1v) is 9.66. The lowest BCUT2D eigenvalue weighted by molar-refractivity contribution is 0.244. The molecule has 1 fully saturated rings. The second-order valence-electron chi connectivity index (χ2n) is 6.91. The summed E-state index contributed by atoms with van der Waals surface area (Å²) >= 11 is 0. The number of aromatic nitrogens is 1. The van der Waals surface area contributed by atoms with Crippen molar-refractivity contribution in [1.82, 2.24) is 10.3 Å². The quantitative estimate of drug-likeness (QED) is 0.667. The van der Waals surface area contributed by atoms with Gasteiger partial charge in [0.15, 0.2) is 11.5 Å². The first-order chi connectivity index (χ1) is 13.7. The summed E-state index contributed by atoms with van der Waals surface area (Å²) < 4.78 is 10.6. The molecule has 1 aromatic carbocycles. The normalized spacial score (nSPS) is 14.2. The molecule has 2 aromatic rings. The van der Waals surface area contributed by atoms with Gasteiger partial charge in [-0.1, -0.05) is 25.3 Å². The molecule has 1 heterocycles. The number of rotatable bonds is 7. The maximum absolute atomic E-state index is 12.1. The summed E-state index contributed by atoms with van der Waals surface area (Å²) in [6.45, 7) is 0.622. The number of nitrogens with one attached hydrogen (secondary N) is 3. The van der Waals surface area contributed by atoms with Gasteiger partial charge in [0.1, 0.15) is 5.82 Å². The van der Waals surface area contributed by atoms with Gasteiger partial charge in [0.25, 0.3) is 0 Å². The molecule has 0 spiro atoms. The van der Waals surface area contributed by atoms with Crippen LogP contribution in [0.4, 0.5) is 16.3 Å². The number of hydrogen-bond donors (Lipinski definition) is 3.